The maximum absolute atomic E-state index is 9.46. The summed E-state index contributed by atoms with van der Waals surface area (Å²) in [5, 5.41) is 13.2. The molecule has 1 heterocycles. The Morgan fingerprint density at radius 1 is 1.10 bits per heavy atom. The number of aromatic hydroxyl groups is 1. The van der Waals surface area contributed by atoms with Crippen LogP contribution in [-0.4, -0.2) is 34.2 Å². The fourth-order valence-electron chi connectivity index (χ4n) is 3.36. The van der Waals surface area contributed by atoms with E-state index in [9.17, 15) is 5.11 Å². The van der Waals surface area contributed by atoms with Gasteiger partial charge in [0.05, 0.1) is 0 Å². The maximum Gasteiger partial charge on any atom is 0.115 e. The molecule has 2 rings (SSSR count). The van der Waals surface area contributed by atoms with Crippen LogP contribution in [0.2, 0.25) is 0 Å². The zero-order valence-corrected chi connectivity index (χ0v) is 13.9. The first-order valence-electron chi connectivity index (χ1n) is 8.25. The zero-order valence-electron chi connectivity index (χ0n) is 13.9. The molecule has 0 bridgehead atoms. The van der Waals surface area contributed by atoms with Gasteiger partial charge in [-0.2, -0.15) is 0 Å². The van der Waals surface area contributed by atoms with E-state index in [0.717, 1.165) is 38.9 Å². The molecule has 0 saturated carbocycles. The van der Waals surface area contributed by atoms with Crippen molar-refractivity contribution in [3.8, 4) is 5.75 Å². The number of hydrogen-bond acceptors (Lipinski definition) is 3. The number of piperazine rings is 1. The average molecular weight is 290 g/mol. The van der Waals surface area contributed by atoms with Gasteiger partial charge in [0, 0.05) is 30.7 Å². The predicted molar refractivity (Wildman–Crippen MR) is 88.5 cm³/mol. The molecule has 0 aliphatic carbocycles. The lowest BCUT2D eigenvalue weighted by Crippen LogP contribution is -2.68. The molecule has 0 spiro atoms. The van der Waals surface area contributed by atoms with Crippen molar-refractivity contribution in [2.24, 2.45) is 0 Å². The van der Waals surface area contributed by atoms with Gasteiger partial charge in [-0.25, -0.2) is 0 Å². The minimum Gasteiger partial charge on any atom is -0.508 e. The van der Waals surface area contributed by atoms with E-state index in [4.69, 9.17) is 0 Å². The van der Waals surface area contributed by atoms with Gasteiger partial charge in [-0.05, 0) is 43.9 Å². The number of phenols is 1. The van der Waals surface area contributed by atoms with Crippen LogP contribution in [0.25, 0.3) is 0 Å². The van der Waals surface area contributed by atoms with Crippen molar-refractivity contribution >= 4 is 0 Å². The molecule has 0 aromatic heterocycles. The molecule has 1 aromatic rings. The number of nitrogens with zero attached hydrogens (tertiary/aromatic N) is 1. The molecule has 21 heavy (non-hydrogen) atoms. The van der Waals surface area contributed by atoms with Crippen LogP contribution in [0, 0.1) is 0 Å². The molecule has 1 atom stereocenters. The van der Waals surface area contributed by atoms with Gasteiger partial charge in [0.1, 0.15) is 5.75 Å². The highest BCUT2D eigenvalue weighted by Crippen LogP contribution is 2.32. The fourth-order valence-corrected chi connectivity index (χ4v) is 3.36. The van der Waals surface area contributed by atoms with Gasteiger partial charge in [-0.15, -0.1) is 0 Å². The number of phenolic OH excluding ortho intramolecular Hbond substituents is 1. The first kappa shape index (κ1) is 16.3. The highest BCUT2D eigenvalue weighted by molar-refractivity contribution is 5.26. The maximum atomic E-state index is 9.46. The first-order valence-corrected chi connectivity index (χ1v) is 8.25. The zero-order chi connectivity index (χ0) is 15.5. The van der Waals surface area contributed by atoms with Crippen molar-refractivity contribution in [2.45, 2.75) is 64.6 Å². The number of nitrogens with one attached hydrogen (secondary N) is 1. The molecular formula is C18H30N2O. The quantitative estimate of drug-likeness (QED) is 0.871. The van der Waals surface area contributed by atoms with Crippen molar-refractivity contribution in [3.05, 3.63) is 29.8 Å². The van der Waals surface area contributed by atoms with Crippen LogP contribution in [-0.2, 0) is 6.54 Å². The third-order valence-corrected chi connectivity index (χ3v) is 5.46. The van der Waals surface area contributed by atoms with Crippen LogP contribution >= 0.6 is 0 Å². The largest absolute Gasteiger partial charge is 0.508 e. The van der Waals surface area contributed by atoms with Crippen molar-refractivity contribution in [1.82, 2.24) is 10.2 Å². The lowest BCUT2D eigenvalue weighted by molar-refractivity contribution is -0.00408. The molecule has 1 fully saturated rings. The smallest absolute Gasteiger partial charge is 0.115 e. The Hall–Kier alpha value is -1.06. The van der Waals surface area contributed by atoms with Gasteiger partial charge < -0.3 is 10.4 Å². The van der Waals surface area contributed by atoms with E-state index in [-0.39, 0.29) is 11.1 Å². The van der Waals surface area contributed by atoms with Crippen LogP contribution in [0.1, 0.15) is 52.5 Å². The molecule has 1 unspecified atom stereocenters. The molecule has 1 aliphatic rings. The Morgan fingerprint density at radius 3 is 2.24 bits per heavy atom. The summed E-state index contributed by atoms with van der Waals surface area (Å²) in [6.45, 7) is 12.3. The van der Waals surface area contributed by atoms with Gasteiger partial charge in [0.25, 0.3) is 0 Å². The van der Waals surface area contributed by atoms with Crippen LogP contribution < -0.4 is 5.32 Å². The van der Waals surface area contributed by atoms with Crippen LogP contribution in [0.5, 0.6) is 5.75 Å². The summed E-state index contributed by atoms with van der Waals surface area (Å²) in [5.74, 6) is 0.342. The van der Waals surface area contributed by atoms with Gasteiger partial charge in [-0.3, -0.25) is 4.90 Å². The molecule has 118 valence electrons. The molecule has 0 amide bonds. The molecule has 0 radical (unpaired) electrons. The Labute approximate surface area is 129 Å². The fraction of sp³-hybridized carbons (Fsp3) is 0.667. The molecule has 2 N–H and O–H groups in total. The van der Waals surface area contributed by atoms with Gasteiger partial charge >= 0.3 is 0 Å². The second-order valence-corrected chi connectivity index (χ2v) is 6.72. The van der Waals surface area contributed by atoms with Gasteiger partial charge in [0.2, 0.25) is 0 Å². The normalized spacial score (nSPS) is 25.9. The number of rotatable bonds is 5. The van der Waals surface area contributed by atoms with E-state index >= 15 is 0 Å². The molecule has 1 aliphatic heterocycles. The second-order valence-electron chi connectivity index (χ2n) is 6.72. The Morgan fingerprint density at radius 2 is 1.71 bits per heavy atom. The topological polar surface area (TPSA) is 35.5 Å². The standard InChI is InChI=1S/C18H30N2O/c1-5-17(4)14-20(18(6-2,7-3)13-19-17)12-15-8-10-16(21)11-9-15/h8-11,19,21H,5-7,12-14H2,1-4H3. The first-order chi connectivity index (χ1) is 9.97. The van der Waals surface area contributed by atoms with Crippen LogP contribution in [0.3, 0.4) is 0 Å². The Bertz CT molecular complexity index is 453. The van der Waals surface area contributed by atoms with Gasteiger partial charge in [0.15, 0.2) is 0 Å². The van der Waals surface area contributed by atoms with E-state index in [1.807, 2.05) is 12.1 Å². The molecule has 3 heteroatoms. The summed E-state index contributed by atoms with van der Waals surface area (Å²) in [6, 6.07) is 7.65. The lowest BCUT2D eigenvalue weighted by atomic mass is 9.82. The van der Waals surface area contributed by atoms with E-state index in [1.165, 1.54) is 5.56 Å². The minimum absolute atomic E-state index is 0.199. The van der Waals surface area contributed by atoms with Crippen molar-refractivity contribution in [1.29, 1.82) is 0 Å². The Kier molecular flexibility index (Phi) is 4.95. The summed E-state index contributed by atoms with van der Waals surface area (Å²) in [7, 11) is 0. The van der Waals surface area contributed by atoms with Gasteiger partial charge in [-0.1, -0.05) is 32.9 Å². The SMILES string of the molecule is CCC1(C)CN(Cc2ccc(O)cc2)C(CC)(CC)CN1. The lowest BCUT2D eigenvalue weighted by Gasteiger charge is -2.53. The third-order valence-electron chi connectivity index (χ3n) is 5.46. The number of hydrogen-bond donors (Lipinski definition) is 2. The second kappa shape index (κ2) is 6.37. The molecule has 3 nitrogen and oxygen atoms in total. The highest BCUT2D eigenvalue weighted by Gasteiger charge is 2.42. The highest BCUT2D eigenvalue weighted by atomic mass is 16.3. The van der Waals surface area contributed by atoms with E-state index in [2.05, 4.69) is 37.9 Å². The predicted octanol–water partition coefficient (Wildman–Crippen LogP) is 3.52. The summed E-state index contributed by atoms with van der Waals surface area (Å²) in [6.07, 6.45) is 3.46. The van der Waals surface area contributed by atoms with Crippen molar-refractivity contribution in [2.75, 3.05) is 13.1 Å². The third kappa shape index (κ3) is 3.41. The summed E-state index contributed by atoms with van der Waals surface area (Å²) in [5.41, 5.74) is 1.72. The molecule has 1 saturated heterocycles. The Balaban J connectivity index is 2.22. The van der Waals surface area contributed by atoms with E-state index in [0.29, 0.717) is 5.75 Å². The van der Waals surface area contributed by atoms with Crippen molar-refractivity contribution in [3.63, 3.8) is 0 Å². The summed E-state index contributed by atoms with van der Waals surface area (Å²) in [4.78, 5) is 2.65. The van der Waals surface area contributed by atoms with E-state index in [1.54, 1.807) is 12.1 Å². The van der Waals surface area contributed by atoms with Crippen LogP contribution in [0.15, 0.2) is 24.3 Å². The van der Waals surface area contributed by atoms with E-state index < -0.39 is 0 Å². The summed E-state index contributed by atoms with van der Waals surface area (Å²) < 4.78 is 0. The summed E-state index contributed by atoms with van der Waals surface area (Å²) >= 11 is 0. The average Bonchev–Trinajstić information content (AvgIpc) is 2.51. The monoisotopic (exact) mass is 290 g/mol. The molecular weight excluding hydrogens is 260 g/mol. The van der Waals surface area contributed by atoms with Crippen LogP contribution in [0.4, 0.5) is 0 Å². The minimum atomic E-state index is 0.199. The number of benzene rings is 1. The van der Waals surface area contributed by atoms with Crippen molar-refractivity contribution < 1.29 is 5.11 Å². The molecule has 1 aromatic carbocycles.